The van der Waals surface area contributed by atoms with Crippen LogP contribution in [0, 0.1) is 13.8 Å². The number of hydrogen-bond donors (Lipinski definition) is 0. The zero-order valence-electron chi connectivity index (χ0n) is 14.2. The molecule has 1 saturated heterocycles. The number of aromatic nitrogens is 4. The largest absolute Gasteiger partial charge is 0.373 e. The van der Waals surface area contributed by atoms with Crippen molar-refractivity contribution in [1.29, 1.82) is 0 Å². The molecule has 1 unspecified atom stereocenters. The van der Waals surface area contributed by atoms with Gasteiger partial charge in [-0.1, -0.05) is 0 Å². The molecule has 23 heavy (non-hydrogen) atoms. The Kier molecular flexibility index (Phi) is 4.58. The molecule has 0 saturated carbocycles. The Morgan fingerprint density at radius 2 is 2.04 bits per heavy atom. The second kappa shape index (κ2) is 6.64. The van der Waals surface area contributed by atoms with Gasteiger partial charge in [0.05, 0.1) is 30.8 Å². The van der Waals surface area contributed by atoms with Gasteiger partial charge in [0.15, 0.2) is 5.82 Å². The lowest BCUT2D eigenvalue weighted by atomic mass is 10.2. The van der Waals surface area contributed by atoms with E-state index in [-0.39, 0.29) is 6.10 Å². The van der Waals surface area contributed by atoms with Crippen LogP contribution >= 0.6 is 0 Å². The van der Waals surface area contributed by atoms with Gasteiger partial charge in [0.25, 0.3) is 0 Å². The minimum atomic E-state index is 0.192. The average molecular weight is 316 g/mol. The highest BCUT2D eigenvalue weighted by molar-refractivity contribution is 5.40. The van der Waals surface area contributed by atoms with Gasteiger partial charge in [-0.15, -0.1) is 0 Å². The first-order valence-electron chi connectivity index (χ1n) is 7.90. The maximum atomic E-state index is 5.83. The summed E-state index contributed by atoms with van der Waals surface area (Å²) in [5.41, 5.74) is 2.04. The number of aryl methyl sites for hydroxylation is 2. The van der Waals surface area contributed by atoms with Gasteiger partial charge in [0, 0.05) is 25.3 Å². The van der Waals surface area contributed by atoms with Crippen LogP contribution in [-0.2, 0) is 4.74 Å². The predicted molar refractivity (Wildman–Crippen MR) is 89.1 cm³/mol. The number of hydrogen-bond acceptors (Lipinski definition) is 6. The zero-order valence-corrected chi connectivity index (χ0v) is 14.2. The molecule has 0 bridgehead atoms. The number of anilines is 1. The highest BCUT2D eigenvalue weighted by Gasteiger charge is 2.22. The molecule has 2 aromatic heterocycles. The third-order valence-electron chi connectivity index (χ3n) is 3.87. The van der Waals surface area contributed by atoms with Crippen LogP contribution < -0.4 is 4.90 Å². The predicted octanol–water partition coefficient (Wildman–Crippen LogP) is 1.05. The van der Waals surface area contributed by atoms with E-state index in [1.165, 1.54) is 0 Å². The maximum absolute atomic E-state index is 5.83. The summed E-state index contributed by atoms with van der Waals surface area (Å²) in [6.45, 7) is 7.28. The molecule has 3 heterocycles. The van der Waals surface area contributed by atoms with Crippen LogP contribution in [0.5, 0.6) is 0 Å². The Bertz CT molecular complexity index is 668. The molecule has 1 aliphatic rings. The minimum Gasteiger partial charge on any atom is -0.373 e. The quantitative estimate of drug-likeness (QED) is 0.840. The number of likely N-dealkylation sites (N-methyl/N-ethyl adjacent to an activating group) is 1. The van der Waals surface area contributed by atoms with Gasteiger partial charge < -0.3 is 14.5 Å². The first-order valence-corrected chi connectivity index (χ1v) is 7.90. The molecule has 0 radical (unpaired) electrons. The number of nitrogens with zero attached hydrogens (tertiary/aromatic N) is 6. The van der Waals surface area contributed by atoms with Gasteiger partial charge in [-0.3, -0.25) is 4.98 Å². The Balaban J connectivity index is 1.81. The molecule has 1 aliphatic heterocycles. The summed E-state index contributed by atoms with van der Waals surface area (Å²) in [5, 5.41) is 4.49. The average Bonchev–Trinajstić information content (AvgIpc) is 2.86. The van der Waals surface area contributed by atoms with Crippen molar-refractivity contribution in [3.8, 4) is 5.82 Å². The highest BCUT2D eigenvalue weighted by atomic mass is 16.5. The van der Waals surface area contributed by atoms with E-state index in [1.807, 2.05) is 30.8 Å². The lowest BCUT2D eigenvalue weighted by Gasteiger charge is -2.34. The van der Waals surface area contributed by atoms with E-state index in [0.717, 1.165) is 42.7 Å². The summed E-state index contributed by atoms with van der Waals surface area (Å²) >= 11 is 0. The first-order chi connectivity index (χ1) is 11.0. The standard InChI is InChI=1S/C16H24N6O/c1-12-7-13(2)22(19-12)16-9-17-8-15(18-16)21-5-6-23-14(11-21)10-20(3)4/h7-9,14H,5-6,10-11H2,1-4H3. The van der Waals surface area contributed by atoms with E-state index in [1.54, 1.807) is 6.20 Å². The monoisotopic (exact) mass is 316 g/mol. The third-order valence-corrected chi connectivity index (χ3v) is 3.87. The second-order valence-electron chi connectivity index (χ2n) is 6.28. The van der Waals surface area contributed by atoms with Gasteiger partial charge in [0.1, 0.15) is 5.82 Å². The molecule has 1 fully saturated rings. The molecule has 0 amide bonds. The topological polar surface area (TPSA) is 59.3 Å². The van der Waals surface area contributed by atoms with Crippen LogP contribution in [0.2, 0.25) is 0 Å². The molecule has 7 heteroatoms. The van der Waals surface area contributed by atoms with Crippen molar-refractivity contribution in [3.63, 3.8) is 0 Å². The van der Waals surface area contributed by atoms with E-state index >= 15 is 0 Å². The fraction of sp³-hybridized carbons (Fsp3) is 0.562. The van der Waals surface area contributed by atoms with Crippen LogP contribution in [0.25, 0.3) is 5.82 Å². The molecule has 3 rings (SSSR count). The van der Waals surface area contributed by atoms with Gasteiger partial charge in [-0.05, 0) is 34.0 Å². The molecule has 2 aromatic rings. The normalized spacial score (nSPS) is 18.7. The summed E-state index contributed by atoms with van der Waals surface area (Å²) in [6.07, 6.45) is 3.76. The van der Waals surface area contributed by atoms with E-state index in [4.69, 9.17) is 9.72 Å². The van der Waals surface area contributed by atoms with E-state index in [9.17, 15) is 0 Å². The minimum absolute atomic E-state index is 0.192. The van der Waals surface area contributed by atoms with Crippen LogP contribution in [0.1, 0.15) is 11.4 Å². The van der Waals surface area contributed by atoms with Crippen LogP contribution in [0.15, 0.2) is 18.5 Å². The number of ether oxygens (including phenoxy) is 1. The van der Waals surface area contributed by atoms with Crippen molar-refractivity contribution in [2.24, 2.45) is 0 Å². The molecular weight excluding hydrogens is 292 g/mol. The smallest absolute Gasteiger partial charge is 0.174 e. The summed E-state index contributed by atoms with van der Waals surface area (Å²) in [5.74, 6) is 1.63. The van der Waals surface area contributed by atoms with Crippen molar-refractivity contribution in [3.05, 3.63) is 29.8 Å². The van der Waals surface area contributed by atoms with Gasteiger partial charge in [-0.2, -0.15) is 5.10 Å². The van der Waals surface area contributed by atoms with Crippen LogP contribution in [0.4, 0.5) is 5.82 Å². The van der Waals surface area contributed by atoms with Crippen LogP contribution in [0.3, 0.4) is 0 Å². The molecule has 0 spiro atoms. The zero-order chi connectivity index (χ0) is 16.4. The molecular formula is C16H24N6O. The van der Waals surface area contributed by atoms with Crippen molar-refractivity contribution in [2.45, 2.75) is 20.0 Å². The third kappa shape index (κ3) is 3.68. The lowest BCUT2D eigenvalue weighted by Crippen LogP contribution is -2.46. The number of morpholine rings is 1. The highest BCUT2D eigenvalue weighted by Crippen LogP contribution is 2.17. The summed E-state index contributed by atoms with van der Waals surface area (Å²) in [6, 6.07) is 2.04. The molecule has 0 aromatic carbocycles. The Morgan fingerprint density at radius 3 is 2.74 bits per heavy atom. The summed E-state index contributed by atoms with van der Waals surface area (Å²) < 4.78 is 7.67. The van der Waals surface area contributed by atoms with E-state index in [2.05, 4.69) is 34.0 Å². The van der Waals surface area contributed by atoms with E-state index in [0.29, 0.717) is 6.61 Å². The van der Waals surface area contributed by atoms with Crippen LogP contribution in [-0.4, -0.2) is 71.1 Å². The molecule has 7 nitrogen and oxygen atoms in total. The molecule has 1 atom stereocenters. The summed E-state index contributed by atoms with van der Waals surface area (Å²) in [4.78, 5) is 13.5. The summed E-state index contributed by atoms with van der Waals surface area (Å²) in [7, 11) is 4.12. The van der Waals surface area contributed by atoms with Gasteiger partial charge >= 0.3 is 0 Å². The molecule has 0 aliphatic carbocycles. The molecule has 124 valence electrons. The van der Waals surface area contributed by atoms with Crippen molar-refractivity contribution >= 4 is 5.82 Å². The molecule has 0 N–H and O–H groups in total. The Morgan fingerprint density at radius 1 is 1.26 bits per heavy atom. The van der Waals surface area contributed by atoms with Crippen molar-refractivity contribution < 1.29 is 4.74 Å². The SMILES string of the molecule is Cc1cc(C)n(-c2cncc(N3CCOC(CN(C)C)C3)n2)n1. The Labute approximate surface area is 136 Å². The maximum Gasteiger partial charge on any atom is 0.174 e. The van der Waals surface area contributed by atoms with E-state index < -0.39 is 0 Å². The van der Waals surface area contributed by atoms with Crippen molar-refractivity contribution in [2.75, 3.05) is 45.2 Å². The Hall–Kier alpha value is -1.99. The fourth-order valence-corrected chi connectivity index (χ4v) is 2.91. The first kappa shape index (κ1) is 15.9. The number of rotatable bonds is 4. The fourth-order valence-electron chi connectivity index (χ4n) is 2.91. The van der Waals surface area contributed by atoms with Gasteiger partial charge in [-0.25, -0.2) is 9.67 Å². The lowest BCUT2D eigenvalue weighted by molar-refractivity contribution is 0.0245. The second-order valence-corrected chi connectivity index (χ2v) is 6.28. The van der Waals surface area contributed by atoms with Gasteiger partial charge in [0.2, 0.25) is 0 Å². The van der Waals surface area contributed by atoms with Crippen molar-refractivity contribution in [1.82, 2.24) is 24.6 Å².